The van der Waals surface area contributed by atoms with Gasteiger partial charge >= 0.3 is 0 Å². The van der Waals surface area contributed by atoms with Gasteiger partial charge in [-0.2, -0.15) is 5.10 Å². The summed E-state index contributed by atoms with van der Waals surface area (Å²) < 4.78 is 1.77. The van der Waals surface area contributed by atoms with Gasteiger partial charge in [-0.05, 0) is 61.7 Å². The van der Waals surface area contributed by atoms with Crippen molar-refractivity contribution in [2.45, 2.75) is 26.3 Å². The highest BCUT2D eigenvalue weighted by molar-refractivity contribution is 5.77. The Morgan fingerprint density at radius 2 is 2.00 bits per heavy atom. The maximum Gasteiger partial charge on any atom is 0.155 e. The lowest BCUT2D eigenvalue weighted by Crippen LogP contribution is -2.14. The van der Waals surface area contributed by atoms with Crippen molar-refractivity contribution in [3.05, 3.63) is 78.1 Å². The fourth-order valence-electron chi connectivity index (χ4n) is 4.39. The van der Waals surface area contributed by atoms with E-state index in [1.54, 1.807) is 10.8 Å². The summed E-state index contributed by atoms with van der Waals surface area (Å²) in [6, 6.07) is 16.4. The van der Waals surface area contributed by atoms with Crippen molar-refractivity contribution >= 4 is 17.0 Å². The van der Waals surface area contributed by atoms with Gasteiger partial charge in [0.15, 0.2) is 5.65 Å². The monoisotopic (exact) mass is 436 g/mol. The van der Waals surface area contributed by atoms with Crippen LogP contribution in [0, 0.1) is 6.92 Å². The number of aromatic amines is 1. The third-order valence-electron chi connectivity index (χ3n) is 5.99. The number of anilines is 2. The molecule has 1 aliphatic heterocycles. The maximum absolute atomic E-state index is 4.95. The van der Waals surface area contributed by atoms with Crippen LogP contribution in [0.3, 0.4) is 0 Å². The summed E-state index contributed by atoms with van der Waals surface area (Å²) in [4.78, 5) is 17.5. The Bertz CT molecular complexity index is 1450. The van der Waals surface area contributed by atoms with Gasteiger partial charge < -0.3 is 15.6 Å². The minimum Gasteiger partial charge on any atom is -0.385 e. The second kappa shape index (κ2) is 8.05. The summed E-state index contributed by atoms with van der Waals surface area (Å²) in [5.74, 6) is 0.850. The molecule has 0 unspecified atom stereocenters. The van der Waals surface area contributed by atoms with Gasteiger partial charge in [-0.3, -0.25) is 4.98 Å². The van der Waals surface area contributed by atoms with Crippen LogP contribution in [0.4, 0.5) is 11.4 Å². The van der Waals surface area contributed by atoms with E-state index in [1.165, 1.54) is 11.3 Å². The fourth-order valence-corrected chi connectivity index (χ4v) is 4.39. The number of imidazole rings is 1. The first-order chi connectivity index (χ1) is 16.2. The molecule has 5 aromatic rings. The third kappa shape index (κ3) is 3.69. The van der Waals surface area contributed by atoms with Gasteiger partial charge in [0.25, 0.3) is 0 Å². The molecular weight excluding hydrogens is 412 g/mol. The molecule has 0 saturated heterocycles. The fraction of sp³-hybridized carbons (Fsp3) is 0.200. The van der Waals surface area contributed by atoms with E-state index in [0.29, 0.717) is 6.54 Å². The largest absolute Gasteiger partial charge is 0.385 e. The predicted octanol–water partition coefficient (Wildman–Crippen LogP) is 4.46. The molecule has 33 heavy (non-hydrogen) atoms. The van der Waals surface area contributed by atoms with E-state index in [4.69, 9.17) is 9.97 Å². The minimum absolute atomic E-state index is 0.584. The normalized spacial score (nSPS) is 13.0. The van der Waals surface area contributed by atoms with E-state index >= 15 is 0 Å². The molecule has 0 amide bonds. The topological polar surface area (TPSA) is 95.8 Å². The zero-order valence-electron chi connectivity index (χ0n) is 18.3. The number of hydrogen-bond acceptors (Lipinski definition) is 6. The van der Waals surface area contributed by atoms with Crippen molar-refractivity contribution < 1.29 is 0 Å². The van der Waals surface area contributed by atoms with Crippen LogP contribution >= 0.6 is 0 Å². The van der Waals surface area contributed by atoms with Gasteiger partial charge in [-0.1, -0.05) is 12.1 Å². The molecule has 4 aromatic heterocycles. The van der Waals surface area contributed by atoms with Crippen LogP contribution in [0.5, 0.6) is 0 Å². The van der Waals surface area contributed by atoms with Gasteiger partial charge in [-0.25, -0.2) is 14.5 Å². The average Bonchev–Trinajstić information content (AvgIpc) is 3.49. The van der Waals surface area contributed by atoms with Crippen LogP contribution in [0.1, 0.15) is 23.5 Å². The maximum atomic E-state index is 4.95. The quantitative estimate of drug-likeness (QED) is 0.376. The Balaban J connectivity index is 1.38. The summed E-state index contributed by atoms with van der Waals surface area (Å²) in [6.45, 7) is 3.61. The summed E-state index contributed by atoms with van der Waals surface area (Å²) in [7, 11) is 0. The summed E-state index contributed by atoms with van der Waals surface area (Å²) >= 11 is 0. The Labute approximate surface area is 191 Å². The number of pyridine rings is 2. The van der Waals surface area contributed by atoms with Gasteiger partial charge in [0.05, 0.1) is 17.9 Å². The zero-order chi connectivity index (χ0) is 22.2. The minimum atomic E-state index is 0.584. The molecule has 0 fully saturated rings. The van der Waals surface area contributed by atoms with E-state index in [-0.39, 0.29) is 0 Å². The van der Waals surface area contributed by atoms with Gasteiger partial charge in [0.1, 0.15) is 17.8 Å². The van der Waals surface area contributed by atoms with E-state index in [2.05, 4.69) is 43.9 Å². The zero-order valence-corrected chi connectivity index (χ0v) is 18.3. The molecule has 3 N–H and O–H groups in total. The number of benzene rings is 1. The van der Waals surface area contributed by atoms with Gasteiger partial charge in [0.2, 0.25) is 0 Å². The van der Waals surface area contributed by atoms with Crippen LogP contribution in [0.15, 0.2) is 61.1 Å². The van der Waals surface area contributed by atoms with Gasteiger partial charge in [0, 0.05) is 35.4 Å². The molecule has 0 bridgehead atoms. The highest BCUT2D eigenvalue weighted by atomic mass is 15.3. The predicted molar refractivity (Wildman–Crippen MR) is 129 cm³/mol. The standard InChI is InChI=1S/C25H24N8/c1-16-5-2-9-21(30-16)25-24(17-10-11-23-28-15-29-33(23)14-17)31-22(32-25)13-27-20-8-3-7-19-18(20)6-4-12-26-19/h2-3,5,7-11,14-15,26-27H,4,6,12-13H2,1H3,(H,31,32). The number of nitrogens with zero attached hydrogens (tertiary/aromatic N) is 5. The summed E-state index contributed by atoms with van der Waals surface area (Å²) in [5, 5.41) is 11.4. The lowest BCUT2D eigenvalue weighted by Gasteiger charge is -2.21. The Kier molecular flexibility index (Phi) is 4.75. The number of H-pyrrole nitrogens is 1. The van der Waals surface area contributed by atoms with Crippen molar-refractivity contribution in [3.63, 3.8) is 0 Å². The summed E-state index contributed by atoms with van der Waals surface area (Å²) in [5.41, 5.74) is 9.03. The molecular formula is C25H24N8. The van der Waals surface area contributed by atoms with Crippen LogP contribution in [0.2, 0.25) is 0 Å². The number of fused-ring (bicyclic) bond motifs is 2. The first-order valence-electron chi connectivity index (χ1n) is 11.2. The molecule has 0 aliphatic carbocycles. The first kappa shape index (κ1) is 19.5. The van der Waals surface area contributed by atoms with Crippen molar-refractivity contribution in [3.8, 4) is 22.6 Å². The number of nitrogens with one attached hydrogen (secondary N) is 3. The Hall–Kier alpha value is -4.20. The van der Waals surface area contributed by atoms with Crippen LogP contribution in [-0.2, 0) is 13.0 Å². The Morgan fingerprint density at radius 1 is 1.06 bits per heavy atom. The van der Waals surface area contributed by atoms with Crippen molar-refractivity contribution in [2.75, 3.05) is 17.2 Å². The average molecular weight is 437 g/mol. The molecule has 1 aromatic carbocycles. The lowest BCUT2D eigenvalue weighted by molar-refractivity contribution is 0.829. The molecule has 1 aliphatic rings. The molecule has 6 rings (SSSR count). The molecule has 0 spiro atoms. The van der Waals surface area contributed by atoms with Crippen LogP contribution in [0.25, 0.3) is 28.3 Å². The van der Waals surface area contributed by atoms with E-state index in [0.717, 1.165) is 64.9 Å². The number of aromatic nitrogens is 6. The molecule has 0 radical (unpaired) electrons. The smallest absolute Gasteiger partial charge is 0.155 e. The van der Waals surface area contributed by atoms with Gasteiger partial charge in [-0.15, -0.1) is 0 Å². The second-order valence-electron chi connectivity index (χ2n) is 8.27. The number of aryl methyl sites for hydroxylation is 1. The van der Waals surface area contributed by atoms with Crippen molar-refractivity contribution in [1.82, 2.24) is 29.5 Å². The molecule has 0 atom stereocenters. The third-order valence-corrected chi connectivity index (χ3v) is 5.99. The van der Waals surface area contributed by atoms with Crippen LogP contribution in [-0.4, -0.2) is 36.1 Å². The Morgan fingerprint density at radius 3 is 2.94 bits per heavy atom. The second-order valence-corrected chi connectivity index (χ2v) is 8.27. The van der Waals surface area contributed by atoms with Crippen molar-refractivity contribution in [2.24, 2.45) is 0 Å². The number of rotatable bonds is 5. The van der Waals surface area contributed by atoms with Crippen molar-refractivity contribution in [1.29, 1.82) is 0 Å². The first-order valence-corrected chi connectivity index (χ1v) is 11.2. The SMILES string of the molecule is Cc1cccc(-c2nc(CNc3cccc4c3CCCN4)[nH]c2-c2ccc3ncnn3c2)n1. The lowest BCUT2D eigenvalue weighted by atomic mass is 10.0. The molecule has 164 valence electrons. The van der Waals surface area contributed by atoms with E-state index in [1.807, 2.05) is 43.5 Å². The summed E-state index contributed by atoms with van der Waals surface area (Å²) in [6.07, 6.45) is 5.74. The molecule has 8 nitrogen and oxygen atoms in total. The molecule has 8 heteroatoms. The highest BCUT2D eigenvalue weighted by Crippen LogP contribution is 2.31. The molecule has 0 saturated carbocycles. The van der Waals surface area contributed by atoms with E-state index in [9.17, 15) is 0 Å². The number of hydrogen-bond donors (Lipinski definition) is 3. The van der Waals surface area contributed by atoms with Crippen LogP contribution < -0.4 is 10.6 Å². The van der Waals surface area contributed by atoms with E-state index < -0.39 is 0 Å². The molecule has 5 heterocycles. The highest BCUT2D eigenvalue weighted by Gasteiger charge is 2.17.